The average Bonchev–Trinajstić information content (AvgIpc) is 3.13. The van der Waals surface area contributed by atoms with E-state index in [1.807, 2.05) is 24.3 Å². The predicted molar refractivity (Wildman–Crippen MR) is 111 cm³/mol. The molecule has 22 heavy (non-hydrogen) atoms. The van der Waals surface area contributed by atoms with Gasteiger partial charge in [0.25, 0.3) is 0 Å². The van der Waals surface area contributed by atoms with Crippen LogP contribution in [0.2, 0.25) is 39.3 Å². The van der Waals surface area contributed by atoms with E-state index in [2.05, 4.69) is 63.6 Å². The van der Waals surface area contributed by atoms with Gasteiger partial charge in [-0.3, -0.25) is 12.2 Å². The summed E-state index contributed by atoms with van der Waals surface area (Å²) in [5.74, 6) is 0. The normalized spacial score (nSPS) is 14.8. The van der Waals surface area contributed by atoms with Gasteiger partial charge in [0.15, 0.2) is 0 Å². The first kappa shape index (κ1) is 25.0. The molecule has 0 amide bonds. The van der Waals surface area contributed by atoms with Crippen molar-refractivity contribution in [2.45, 2.75) is 52.1 Å². The fourth-order valence-electron chi connectivity index (χ4n) is 2.68. The van der Waals surface area contributed by atoms with Gasteiger partial charge < -0.3 is 6.55 Å². The molecule has 0 atom stereocenters. The Bertz CT molecular complexity index is 318. The molecule has 2 aliphatic rings. The maximum Gasteiger partial charge on any atom is 3.00 e. The molecule has 0 aromatic carbocycles. The molecule has 2 rings (SSSR count). The van der Waals surface area contributed by atoms with E-state index in [4.69, 9.17) is 6.55 Å². The number of hydrogen-bond acceptors (Lipinski definition) is 0. The van der Waals surface area contributed by atoms with Gasteiger partial charge in [-0.05, 0) is 24.9 Å². The van der Waals surface area contributed by atoms with Crippen molar-refractivity contribution in [2.24, 2.45) is 0 Å². The Morgan fingerprint density at radius 1 is 0.773 bits per heavy atom. The topological polar surface area (TPSA) is 0 Å². The maximum atomic E-state index is 4.69. The first-order valence-corrected chi connectivity index (χ1v) is 22.7. The van der Waals surface area contributed by atoms with E-state index in [-0.39, 0.29) is 51.1 Å². The Hall–Kier alpha value is 0.711. The van der Waals surface area contributed by atoms with Crippen molar-refractivity contribution in [1.29, 1.82) is 0 Å². The van der Waals surface area contributed by atoms with E-state index in [1.165, 1.54) is 0 Å². The van der Waals surface area contributed by atoms with E-state index in [0.29, 0.717) is 0 Å². The molecule has 2 aliphatic carbocycles. The van der Waals surface area contributed by atoms with Gasteiger partial charge in [0.05, 0.1) is 0 Å². The molecule has 0 N–H and O–H groups in total. The van der Waals surface area contributed by atoms with Gasteiger partial charge >= 0.3 is 26.2 Å². The molecule has 0 unspecified atom stereocenters. The predicted octanol–water partition coefficient (Wildman–Crippen LogP) is 4.11. The van der Waals surface area contributed by atoms with Gasteiger partial charge in [-0.2, -0.15) is 12.2 Å². The summed E-state index contributed by atoms with van der Waals surface area (Å²) in [5.41, 5.74) is 0. The first-order valence-electron chi connectivity index (χ1n) is 8.12. The monoisotopic (exact) mass is 439 g/mol. The molecule has 0 fully saturated rings. The molecule has 1 radical (unpaired) electrons. The zero-order chi connectivity index (χ0) is 16.3. The molecule has 0 aromatic heterocycles. The fourth-order valence-corrected chi connectivity index (χ4v) is 54.7. The quantitative estimate of drug-likeness (QED) is 0.457. The second-order valence-corrected chi connectivity index (χ2v) is 41.8. The molecular weight excluding hydrogens is 408 g/mol. The van der Waals surface area contributed by atoms with Crippen LogP contribution in [0, 0.1) is 18.7 Å². The Labute approximate surface area is 164 Å². The van der Waals surface area contributed by atoms with Crippen LogP contribution in [0.4, 0.5) is 0 Å². The second-order valence-electron chi connectivity index (χ2n) is 6.58. The summed E-state index contributed by atoms with van der Waals surface area (Å²) in [6.45, 7) is 19.1. The summed E-state index contributed by atoms with van der Waals surface area (Å²) in [6, 6.07) is 0. The van der Waals surface area contributed by atoms with Crippen molar-refractivity contribution >= 4 is 31.6 Å². The van der Waals surface area contributed by atoms with Gasteiger partial charge in [-0.1, -0.05) is 39.3 Å². The van der Waals surface area contributed by atoms with Crippen molar-refractivity contribution in [3.05, 3.63) is 55.2 Å². The van der Waals surface area contributed by atoms with Crippen molar-refractivity contribution in [3.63, 3.8) is 0 Å². The zero-order valence-corrected chi connectivity index (χ0v) is 22.2. The van der Waals surface area contributed by atoms with E-state index in [0.717, 1.165) is 12.8 Å². The zero-order valence-electron chi connectivity index (χ0n) is 15.3. The number of hydrogen-bond donors (Lipinski definition) is 0. The average molecular weight is 441 g/mol. The maximum absolute atomic E-state index is 4.69. The van der Waals surface area contributed by atoms with Gasteiger partial charge in [0, 0.05) is 0 Å². The summed E-state index contributed by atoms with van der Waals surface area (Å²) in [4.78, 5) is 0. The third kappa shape index (κ3) is 9.76. The van der Waals surface area contributed by atoms with Crippen LogP contribution in [-0.4, -0.2) is 31.6 Å². The summed E-state index contributed by atoms with van der Waals surface area (Å²) >= 11 is 0. The summed E-state index contributed by atoms with van der Waals surface area (Å²) in [5, 5.41) is 0. The van der Waals surface area contributed by atoms with Crippen molar-refractivity contribution in [1.82, 2.24) is 0 Å². The Morgan fingerprint density at radius 2 is 1.09 bits per heavy atom. The summed E-state index contributed by atoms with van der Waals surface area (Å²) in [7, 11) is -1.09. The molecule has 0 bridgehead atoms. The molecule has 0 spiro atoms. The first-order chi connectivity index (χ1) is 9.83. The SMILES string of the molecule is [C-]1=CC=CC1.[C-]1=CC=CC1.[CH2-][Si]([SiH](C)C)([SiH](C)C)[SiH](C)C.[Zr+3]. The number of allylic oxidation sites excluding steroid dienone is 8. The summed E-state index contributed by atoms with van der Waals surface area (Å²) in [6.07, 6.45) is 20.0. The summed E-state index contributed by atoms with van der Waals surface area (Å²) < 4.78 is 0. The van der Waals surface area contributed by atoms with E-state index in [9.17, 15) is 0 Å². The third-order valence-electron chi connectivity index (χ3n) is 4.40. The van der Waals surface area contributed by atoms with Crippen molar-refractivity contribution in [3.8, 4) is 0 Å². The molecular formula is C17H33Si4Zr. The van der Waals surface area contributed by atoms with E-state index >= 15 is 0 Å². The smallest absolute Gasteiger partial charge is 0.348 e. The van der Waals surface area contributed by atoms with Crippen LogP contribution < -0.4 is 0 Å². The Kier molecular flexibility index (Phi) is 16.0. The van der Waals surface area contributed by atoms with Crippen LogP contribution in [0.15, 0.2) is 36.5 Å². The molecule has 121 valence electrons. The van der Waals surface area contributed by atoms with E-state index < -0.39 is 6.63 Å². The molecule has 0 aliphatic heterocycles. The largest absolute Gasteiger partial charge is 3.00 e. The van der Waals surface area contributed by atoms with Crippen LogP contribution in [-0.2, 0) is 26.2 Å². The van der Waals surface area contributed by atoms with Crippen LogP contribution in [0.1, 0.15) is 12.8 Å². The van der Waals surface area contributed by atoms with E-state index in [1.54, 1.807) is 0 Å². The number of rotatable bonds is 3. The van der Waals surface area contributed by atoms with Gasteiger partial charge in [0.1, 0.15) is 0 Å². The van der Waals surface area contributed by atoms with Crippen LogP contribution in [0.25, 0.3) is 0 Å². The minimum atomic E-state index is -0.815. The standard InChI is InChI=1S/C7H23Si4.2C5H5.Zr/c1-8(2)11(7,9(3)4)10(5)6;2*1-2-4-5-3-1;/h8-10H,7H2,1-6H3;2*1-3H,4H2;/q3*-1;+3. The minimum Gasteiger partial charge on any atom is -0.348 e. The molecule has 0 saturated heterocycles. The van der Waals surface area contributed by atoms with Crippen LogP contribution in [0.3, 0.4) is 0 Å². The minimum absolute atomic E-state index is 0. The van der Waals surface area contributed by atoms with Crippen LogP contribution in [0.5, 0.6) is 0 Å². The van der Waals surface area contributed by atoms with Gasteiger partial charge in [-0.15, -0.1) is 19.5 Å². The van der Waals surface area contributed by atoms with Crippen molar-refractivity contribution < 1.29 is 26.2 Å². The fraction of sp³-hybridized carbons (Fsp3) is 0.471. The molecule has 0 heterocycles. The van der Waals surface area contributed by atoms with Gasteiger partial charge in [0.2, 0.25) is 0 Å². The van der Waals surface area contributed by atoms with Gasteiger partial charge in [-0.25, -0.2) is 24.3 Å². The Morgan fingerprint density at radius 3 is 1.14 bits per heavy atom. The second kappa shape index (κ2) is 14.1. The van der Waals surface area contributed by atoms with Crippen LogP contribution >= 0.6 is 0 Å². The molecule has 0 aromatic rings. The molecule has 0 nitrogen and oxygen atoms in total. The molecule has 5 heteroatoms. The van der Waals surface area contributed by atoms with Crippen molar-refractivity contribution in [2.75, 3.05) is 0 Å². The molecule has 0 saturated carbocycles. The third-order valence-corrected chi connectivity index (χ3v) is 66.2. The Balaban J connectivity index is 0.